The number of phenolic OH excluding ortho intramolecular Hbond substituents is 1. The van der Waals surface area contributed by atoms with Crippen molar-refractivity contribution in [3.63, 3.8) is 0 Å². The number of hydrogen-bond acceptors (Lipinski definition) is 4. The molecular weight excluding hydrogens is 278 g/mol. The van der Waals surface area contributed by atoms with Gasteiger partial charge in [-0.3, -0.25) is 9.78 Å². The standard InChI is InChI=1S/C17H13N3O2/c21-16-14-4-2-1-3-13(14)5-6-15(16)17(22)20-19-11-12-7-9-18-10-8-12/h1-11,21H,(H,20,22). The molecule has 1 aromatic heterocycles. The molecule has 5 nitrogen and oxygen atoms in total. The van der Waals surface area contributed by atoms with Crippen LogP contribution in [0.15, 0.2) is 66.0 Å². The molecule has 5 heteroatoms. The fraction of sp³-hybridized carbons (Fsp3) is 0. The maximum atomic E-state index is 12.1. The lowest BCUT2D eigenvalue weighted by Crippen LogP contribution is -2.17. The molecule has 0 aliphatic heterocycles. The molecule has 2 N–H and O–H groups in total. The fourth-order valence-corrected chi connectivity index (χ4v) is 2.11. The van der Waals surface area contributed by atoms with Crippen molar-refractivity contribution in [1.82, 2.24) is 10.4 Å². The Morgan fingerprint density at radius 3 is 2.68 bits per heavy atom. The van der Waals surface area contributed by atoms with E-state index in [9.17, 15) is 9.90 Å². The van der Waals surface area contributed by atoms with E-state index >= 15 is 0 Å². The second-order valence-electron chi connectivity index (χ2n) is 4.66. The number of hydrazone groups is 1. The van der Waals surface area contributed by atoms with Gasteiger partial charge in [0, 0.05) is 17.8 Å². The van der Waals surface area contributed by atoms with Crippen LogP contribution in [0.25, 0.3) is 10.8 Å². The number of benzene rings is 2. The van der Waals surface area contributed by atoms with Gasteiger partial charge < -0.3 is 5.11 Å². The number of pyridine rings is 1. The van der Waals surface area contributed by atoms with Crippen LogP contribution in [0, 0.1) is 0 Å². The summed E-state index contributed by atoms with van der Waals surface area (Å²) in [7, 11) is 0. The van der Waals surface area contributed by atoms with Crippen molar-refractivity contribution in [2.24, 2.45) is 5.10 Å². The number of rotatable bonds is 3. The first kappa shape index (κ1) is 13.8. The Kier molecular flexibility index (Phi) is 3.78. The van der Waals surface area contributed by atoms with Gasteiger partial charge in [-0.1, -0.05) is 30.3 Å². The predicted octanol–water partition coefficient (Wildman–Crippen LogP) is 2.70. The smallest absolute Gasteiger partial charge is 0.275 e. The molecule has 0 radical (unpaired) electrons. The molecular formula is C17H13N3O2. The Morgan fingerprint density at radius 1 is 1.09 bits per heavy atom. The van der Waals surface area contributed by atoms with Crippen LogP contribution in [0.5, 0.6) is 5.75 Å². The average molecular weight is 291 g/mol. The Bertz CT molecular complexity index is 845. The van der Waals surface area contributed by atoms with Gasteiger partial charge in [0.25, 0.3) is 5.91 Å². The number of carbonyl (C=O) groups excluding carboxylic acids is 1. The average Bonchev–Trinajstić information content (AvgIpc) is 2.56. The number of aromatic nitrogens is 1. The highest BCUT2D eigenvalue weighted by Gasteiger charge is 2.12. The van der Waals surface area contributed by atoms with Crippen molar-refractivity contribution in [3.05, 3.63) is 72.1 Å². The van der Waals surface area contributed by atoms with Gasteiger partial charge in [-0.05, 0) is 29.1 Å². The molecule has 3 aromatic rings. The molecule has 0 unspecified atom stereocenters. The van der Waals surface area contributed by atoms with Crippen LogP contribution in [0.2, 0.25) is 0 Å². The molecule has 0 aliphatic rings. The Morgan fingerprint density at radius 2 is 1.86 bits per heavy atom. The first-order chi connectivity index (χ1) is 10.8. The minimum Gasteiger partial charge on any atom is -0.506 e. The molecule has 0 aliphatic carbocycles. The molecule has 2 aromatic carbocycles. The van der Waals surface area contributed by atoms with Crippen LogP contribution in [-0.4, -0.2) is 22.2 Å². The fourth-order valence-electron chi connectivity index (χ4n) is 2.11. The zero-order chi connectivity index (χ0) is 15.4. The van der Waals surface area contributed by atoms with Gasteiger partial charge in [-0.2, -0.15) is 5.10 Å². The number of hydrogen-bond donors (Lipinski definition) is 2. The SMILES string of the molecule is O=C(NN=Cc1ccncc1)c1ccc2ccccc2c1O. The van der Waals surface area contributed by atoms with Gasteiger partial charge in [0.15, 0.2) is 0 Å². The van der Waals surface area contributed by atoms with Gasteiger partial charge in [0.1, 0.15) is 5.75 Å². The summed E-state index contributed by atoms with van der Waals surface area (Å²) in [5, 5.41) is 15.6. The third-order valence-electron chi connectivity index (χ3n) is 3.23. The molecule has 0 bridgehead atoms. The molecule has 108 valence electrons. The van der Waals surface area contributed by atoms with Crippen LogP contribution in [0.1, 0.15) is 15.9 Å². The summed E-state index contributed by atoms with van der Waals surface area (Å²) in [4.78, 5) is 16.0. The third kappa shape index (κ3) is 2.78. The predicted molar refractivity (Wildman–Crippen MR) is 84.9 cm³/mol. The number of fused-ring (bicyclic) bond motifs is 1. The van der Waals surface area contributed by atoms with Crippen LogP contribution in [0.4, 0.5) is 0 Å². The van der Waals surface area contributed by atoms with Crippen molar-refractivity contribution >= 4 is 22.9 Å². The van der Waals surface area contributed by atoms with E-state index in [1.165, 1.54) is 6.21 Å². The molecule has 1 heterocycles. The van der Waals surface area contributed by atoms with E-state index in [0.717, 1.165) is 10.9 Å². The molecule has 22 heavy (non-hydrogen) atoms. The summed E-state index contributed by atoms with van der Waals surface area (Å²) in [5.74, 6) is -0.511. The molecule has 0 atom stereocenters. The lowest BCUT2D eigenvalue weighted by Gasteiger charge is -2.06. The van der Waals surface area contributed by atoms with E-state index in [2.05, 4.69) is 15.5 Å². The van der Waals surface area contributed by atoms with E-state index in [-0.39, 0.29) is 11.3 Å². The maximum Gasteiger partial charge on any atom is 0.275 e. The van der Waals surface area contributed by atoms with Crippen molar-refractivity contribution in [3.8, 4) is 5.75 Å². The third-order valence-corrected chi connectivity index (χ3v) is 3.23. The van der Waals surface area contributed by atoms with Gasteiger partial charge in [0.2, 0.25) is 0 Å². The Hall–Kier alpha value is -3.21. The van der Waals surface area contributed by atoms with Crippen LogP contribution >= 0.6 is 0 Å². The minimum atomic E-state index is -0.464. The highest BCUT2D eigenvalue weighted by atomic mass is 16.3. The van der Waals surface area contributed by atoms with Crippen molar-refractivity contribution in [2.75, 3.05) is 0 Å². The number of nitrogens with one attached hydrogen (secondary N) is 1. The quantitative estimate of drug-likeness (QED) is 0.575. The van der Waals surface area contributed by atoms with Crippen molar-refractivity contribution < 1.29 is 9.90 Å². The van der Waals surface area contributed by atoms with Gasteiger partial charge in [-0.15, -0.1) is 0 Å². The second kappa shape index (κ2) is 6.05. The van der Waals surface area contributed by atoms with E-state index in [0.29, 0.717) is 5.39 Å². The van der Waals surface area contributed by atoms with Crippen molar-refractivity contribution in [2.45, 2.75) is 0 Å². The summed E-state index contributed by atoms with van der Waals surface area (Å²) in [5.41, 5.74) is 3.41. The Labute approximate surface area is 126 Å². The van der Waals surface area contributed by atoms with Crippen molar-refractivity contribution in [1.29, 1.82) is 0 Å². The minimum absolute atomic E-state index is 0.0466. The molecule has 0 spiro atoms. The van der Waals surface area contributed by atoms with Gasteiger partial charge in [0.05, 0.1) is 11.8 Å². The molecule has 1 amide bonds. The van der Waals surface area contributed by atoms with Crippen LogP contribution < -0.4 is 5.43 Å². The summed E-state index contributed by atoms with van der Waals surface area (Å²) in [6, 6.07) is 14.2. The van der Waals surface area contributed by atoms with E-state index < -0.39 is 5.91 Å². The highest BCUT2D eigenvalue weighted by molar-refractivity contribution is 6.03. The molecule has 0 saturated carbocycles. The molecule has 0 fully saturated rings. The largest absolute Gasteiger partial charge is 0.506 e. The number of aromatic hydroxyl groups is 1. The maximum absolute atomic E-state index is 12.1. The number of nitrogens with zero attached hydrogens (tertiary/aromatic N) is 2. The molecule has 0 saturated heterocycles. The number of carbonyl (C=O) groups is 1. The number of phenols is 1. The van der Waals surface area contributed by atoms with E-state index in [1.54, 1.807) is 42.7 Å². The zero-order valence-electron chi connectivity index (χ0n) is 11.6. The van der Waals surface area contributed by atoms with E-state index in [4.69, 9.17) is 0 Å². The lowest BCUT2D eigenvalue weighted by atomic mass is 10.1. The monoisotopic (exact) mass is 291 g/mol. The summed E-state index contributed by atoms with van der Waals surface area (Å²) >= 11 is 0. The molecule has 3 rings (SSSR count). The Balaban J connectivity index is 1.81. The van der Waals surface area contributed by atoms with Gasteiger partial charge in [-0.25, -0.2) is 5.43 Å². The van der Waals surface area contributed by atoms with Crippen LogP contribution in [0.3, 0.4) is 0 Å². The first-order valence-electron chi connectivity index (χ1n) is 6.70. The second-order valence-corrected chi connectivity index (χ2v) is 4.66. The normalized spacial score (nSPS) is 10.9. The zero-order valence-corrected chi connectivity index (χ0v) is 11.6. The van der Waals surface area contributed by atoms with Gasteiger partial charge >= 0.3 is 0 Å². The topological polar surface area (TPSA) is 74.6 Å². The number of amides is 1. The van der Waals surface area contributed by atoms with E-state index in [1.807, 2.05) is 18.2 Å². The summed E-state index contributed by atoms with van der Waals surface area (Å²) in [6.07, 6.45) is 4.79. The highest BCUT2D eigenvalue weighted by Crippen LogP contribution is 2.28. The summed E-state index contributed by atoms with van der Waals surface area (Å²) < 4.78 is 0. The van der Waals surface area contributed by atoms with Crippen LogP contribution in [-0.2, 0) is 0 Å². The lowest BCUT2D eigenvalue weighted by molar-refractivity contribution is 0.0952. The first-order valence-corrected chi connectivity index (χ1v) is 6.70. The summed E-state index contributed by atoms with van der Waals surface area (Å²) in [6.45, 7) is 0.